The molecule has 0 bridgehead atoms. The molecular formula is C19H24N4O2S. The number of amidine groups is 1. The number of anilines is 1. The van der Waals surface area contributed by atoms with Gasteiger partial charge < -0.3 is 14.8 Å². The van der Waals surface area contributed by atoms with Crippen molar-refractivity contribution in [3.05, 3.63) is 54.1 Å². The van der Waals surface area contributed by atoms with E-state index in [-0.39, 0.29) is 12.2 Å². The summed E-state index contributed by atoms with van der Waals surface area (Å²) in [6, 6.07) is 16.0. The highest BCUT2D eigenvalue weighted by atomic mass is 32.2. The van der Waals surface area contributed by atoms with Crippen LogP contribution in [0.15, 0.2) is 53.5 Å². The van der Waals surface area contributed by atoms with Gasteiger partial charge in [-0.05, 0) is 24.5 Å². The second-order valence-electron chi connectivity index (χ2n) is 5.83. The first kappa shape index (κ1) is 18.6. The molecule has 7 heteroatoms. The number of aliphatic imine (C=N–C) groups is 1. The molecule has 2 atom stereocenters. The number of para-hydroxylation sites is 1. The van der Waals surface area contributed by atoms with Crippen molar-refractivity contribution >= 4 is 22.6 Å². The Hall–Kier alpha value is -2.22. The third kappa shape index (κ3) is 4.49. The number of rotatable bonds is 5. The van der Waals surface area contributed by atoms with Crippen LogP contribution < -0.4 is 25.6 Å². The molecule has 1 aliphatic rings. The molecular weight excluding hydrogens is 348 g/mol. The van der Waals surface area contributed by atoms with E-state index < -0.39 is 0 Å². The fourth-order valence-electron chi connectivity index (χ4n) is 2.86. The minimum absolute atomic E-state index is 0.0227. The van der Waals surface area contributed by atoms with Crippen LogP contribution >= 0.6 is 11.8 Å². The summed E-state index contributed by atoms with van der Waals surface area (Å²) < 4.78 is 10.8. The summed E-state index contributed by atoms with van der Waals surface area (Å²) in [4.78, 5) is 4.78. The van der Waals surface area contributed by atoms with Crippen molar-refractivity contribution in [2.75, 3.05) is 25.8 Å². The first-order chi connectivity index (χ1) is 12.7. The molecule has 26 heavy (non-hydrogen) atoms. The fraction of sp³-hybridized carbons (Fsp3) is 0.316. The summed E-state index contributed by atoms with van der Waals surface area (Å²) in [6.45, 7) is 0. The Kier molecular flexibility index (Phi) is 6.38. The maximum Gasteiger partial charge on any atom is 0.162 e. The third-order valence-electron chi connectivity index (χ3n) is 4.19. The van der Waals surface area contributed by atoms with Crippen LogP contribution in [0.1, 0.15) is 18.0 Å². The Labute approximate surface area is 158 Å². The second kappa shape index (κ2) is 8.93. The van der Waals surface area contributed by atoms with Crippen LogP contribution in [-0.2, 0) is 0 Å². The van der Waals surface area contributed by atoms with Gasteiger partial charge in [-0.2, -0.15) is 0 Å². The van der Waals surface area contributed by atoms with Crippen molar-refractivity contribution in [2.45, 2.75) is 18.6 Å². The summed E-state index contributed by atoms with van der Waals surface area (Å²) in [5.74, 6) is 1.59. The number of thioether (sulfide) groups is 1. The van der Waals surface area contributed by atoms with Gasteiger partial charge in [0.05, 0.1) is 20.3 Å². The number of hydrazine groups is 1. The molecule has 3 N–H and O–H groups in total. The lowest BCUT2D eigenvalue weighted by molar-refractivity contribution is 0.386. The van der Waals surface area contributed by atoms with E-state index >= 15 is 0 Å². The van der Waals surface area contributed by atoms with E-state index in [1.165, 1.54) is 0 Å². The predicted molar refractivity (Wildman–Crippen MR) is 108 cm³/mol. The Balaban J connectivity index is 1.69. The zero-order chi connectivity index (χ0) is 18.4. The molecule has 0 aromatic heterocycles. The molecule has 0 amide bonds. The highest BCUT2D eigenvalue weighted by Gasteiger charge is 2.27. The highest BCUT2D eigenvalue weighted by molar-refractivity contribution is 8.13. The number of benzene rings is 2. The smallest absolute Gasteiger partial charge is 0.162 e. The van der Waals surface area contributed by atoms with Crippen LogP contribution in [-0.4, -0.2) is 31.8 Å². The van der Waals surface area contributed by atoms with Crippen molar-refractivity contribution in [1.82, 2.24) is 10.9 Å². The summed E-state index contributed by atoms with van der Waals surface area (Å²) in [5.41, 5.74) is 8.68. The minimum atomic E-state index is -0.0227. The van der Waals surface area contributed by atoms with Gasteiger partial charge in [-0.25, -0.2) is 15.8 Å². The molecule has 1 fully saturated rings. The maximum absolute atomic E-state index is 5.52. The highest BCUT2D eigenvalue weighted by Crippen LogP contribution is 2.33. The Bertz CT molecular complexity index is 754. The van der Waals surface area contributed by atoms with Crippen LogP contribution in [0, 0.1) is 0 Å². The number of hydrogen-bond donors (Lipinski definition) is 3. The Morgan fingerprint density at radius 3 is 2.62 bits per heavy atom. The standard InChI is InChI=1S/C19H24N4O2S/c1-24-14-9-10-15(17(11-14)25-2)16-12-18(23-22-16)21-19(26-3)20-13-7-5-4-6-8-13/h4-11,16,18,22-23H,12H2,1-3H3,(H,20,21). The van der Waals surface area contributed by atoms with E-state index in [1.54, 1.807) is 26.0 Å². The van der Waals surface area contributed by atoms with Crippen molar-refractivity contribution in [3.8, 4) is 11.5 Å². The minimum Gasteiger partial charge on any atom is -0.497 e. The van der Waals surface area contributed by atoms with E-state index in [0.717, 1.165) is 34.3 Å². The van der Waals surface area contributed by atoms with Gasteiger partial charge in [0, 0.05) is 23.7 Å². The molecule has 1 heterocycles. The summed E-state index contributed by atoms with van der Waals surface area (Å²) in [7, 11) is 3.32. The SMILES string of the molecule is COc1ccc(C2CC(/N=C(/Nc3ccccc3)SC)NN2)c(OC)c1. The van der Waals surface area contributed by atoms with Gasteiger partial charge in [0.15, 0.2) is 5.17 Å². The van der Waals surface area contributed by atoms with Crippen LogP contribution in [0.5, 0.6) is 11.5 Å². The number of nitrogens with one attached hydrogen (secondary N) is 3. The van der Waals surface area contributed by atoms with Crippen molar-refractivity contribution < 1.29 is 9.47 Å². The summed E-state index contributed by atoms with van der Waals surface area (Å²) >= 11 is 1.59. The molecule has 2 unspecified atom stereocenters. The molecule has 0 radical (unpaired) electrons. The van der Waals surface area contributed by atoms with Gasteiger partial charge in [-0.3, -0.25) is 0 Å². The quantitative estimate of drug-likeness (QED) is 0.552. The lowest BCUT2D eigenvalue weighted by Crippen LogP contribution is -2.30. The number of nitrogens with zero attached hydrogens (tertiary/aromatic N) is 1. The first-order valence-electron chi connectivity index (χ1n) is 8.40. The molecule has 0 aliphatic carbocycles. The number of hydrogen-bond acceptors (Lipinski definition) is 6. The van der Waals surface area contributed by atoms with Gasteiger partial charge >= 0.3 is 0 Å². The zero-order valence-corrected chi connectivity index (χ0v) is 16.0. The van der Waals surface area contributed by atoms with Crippen molar-refractivity contribution in [2.24, 2.45) is 4.99 Å². The lowest BCUT2D eigenvalue weighted by atomic mass is 10.0. The molecule has 2 aromatic carbocycles. The molecule has 0 spiro atoms. The van der Waals surface area contributed by atoms with Gasteiger partial charge in [0.2, 0.25) is 0 Å². The van der Waals surface area contributed by atoms with Gasteiger partial charge in [0.25, 0.3) is 0 Å². The molecule has 2 aromatic rings. The van der Waals surface area contributed by atoms with Gasteiger partial charge in [0.1, 0.15) is 17.7 Å². The average molecular weight is 372 g/mol. The zero-order valence-electron chi connectivity index (χ0n) is 15.2. The van der Waals surface area contributed by atoms with Crippen molar-refractivity contribution in [1.29, 1.82) is 0 Å². The lowest BCUT2D eigenvalue weighted by Gasteiger charge is -2.15. The Morgan fingerprint density at radius 1 is 1.12 bits per heavy atom. The molecule has 1 saturated heterocycles. The van der Waals surface area contributed by atoms with E-state index in [2.05, 4.69) is 16.2 Å². The summed E-state index contributed by atoms with van der Waals surface area (Å²) in [5, 5.41) is 4.22. The topological polar surface area (TPSA) is 66.9 Å². The van der Waals surface area contributed by atoms with Crippen molar-refractivity contribution in [3.63, 3.8) is 0 Å². The molecule has 1 aliphatic heterocycles. The van der Waals surface area contributed by atoms with E-state index in [4.69, 9.17) is 14.5 Å². The first-order valence-corrected chi connectivity index (χ1v) is 9.62. The number of methoxy groups -OCH3 is 2. The van der Waals surface area contributed by atoms with Crippen LogP contribution in [0.2, 0.25) is 0 Å². The largest absolute Gasteiger partial charge is 0.497 e. The maximum atomic E-state index is 5.52. The van der Waals surface area contributed by atoms with Crippen LogP contribution in [0.25, 0.3) is 0 Å². The van der Waals surface area contributed by atoms with Crippen LogP contribution in [0.3, 0.4) is 0 Å². The fourth-order valence-corrected chi connectivity index (χ4v) is 3.31. The Morgan fingerprint density at radius 2 is 1.92 bits per heavy atom. The average Bonchev–Trinajstić information content (AvgIpc) is 3.16. The van der Waals surface area contributed by atoms with E-state index in [0.29, 0.717) is 0 Å². The molecule has 138 valence electrons. The molecule has 6 nitrogen and oxygen atoms in total. The molecule has 0 saturated carbocycles. The van der Waals surface area contributed by atoms with E-state index in [9.17, 15) is 0 Å². The third-order valence-corrected chi connectivity index (χ3v) is 4.78. The van der Waals surface area contributed by atoms with E-state index in [1.807, 2.05) is 54.8 Å². The normalized spacial score (nSPS) is 20.0. The summed E-state index contributed by atoms with van der Waals surface area (Å²) in [6.07, 6.45) is 2.81. The molecule has 3 rings (SSSR count). The van der Waals surface area contributed by atoms with Crippen LogP contribution in [0.4, 0.5) is 5.69 Å². The number of ether oxygens (including phenoxy) is 2. The van der Waals surface area contributed by atoms with Gasteiger partial charge in [-0.15, -0.1) is 0 Å². The van der Waals surface area contributed by atoms with Gasteiger partial charge in [-0.1, -0.05) is 36.0 Å². The monoisotopic (exact) mass is 372 g/mol. The predicted octanol–water partition coefficient (Wildman–Crippen LogP) is 3.40. The second-order valence-corrected chi connectivity index (χ2v) is 6.62.